The molecule has 2 heteroatoms. The highest BCUT2D eigenvalue weighted by Gasteiger charge is 2.03. The minimum Gasteiger partial charge on any atom is -0.378 e. The van der Waals surface area contributed by atoms with Crippen molar-refractivity contribution in [2.75, 3.05) is 19.0 Å². The van der Waals surface area contributed by atoms with E-state index in [1.807, 2.05) is 79.7 Å². The van der Waals surface area contributed by atoms with Crippen LogP contribution in [-0.2, 0) is 0 Å². The maximum Gasteiger partial charge on any atom is 0.185 e. The monoisotopic (exact) mass is 327 g/mol. The van der Waals surface area contributed by atoms with Crippen LogP contribution in [0.1, 0.15) is 15.9 Å². The molecular weight excluding hydrogens is 306 g/mol. The SMILES string of the molecule is CN(C)c1ccc(C(=O)/C=C/c2ccc(-c3ccccc3)cc2)cc1. The predicted octanol–water partition coefficient (Wildman–Crippen LogP) is 5.32. The summed E-state index contributed by atoms with van der Waals surface area (Å²) in [5.41, 5.74) is 5.15. The smallest absolute Gasteiger partial charge is 0.185 e. The minimum atomic E-state index is 0.0115. The van der Waals surface area contributed by atoms with Crippen LogP contribution in [0.5, 0.6) is 0 Å². The van der Waals surface area contributed by atoms with Crippen LogP contribution in [0.15, 0.2) is 84.9 Å². The fraction of sp³-hybridized carbons (Fsp3) is 0.0870. The Hall–Kier alpha value is -3.13. The molecule has 0 fully saturated rings. The third-order valence-corrected chi connectivity index (χ3v) is 4.11. The number of anilines is 1. The molecule has 0 aliphatic carbocycles. The predicted molar refractivity (Wildman–Crippen MR) is 106 cm³/mol. The first-order valence-corrected chi connectivity index (χ1v) is 8.29. The van der Waals surface area contributed by atoms with E-state index < -0.39 is 0 Å². The molecule has 0 unspecified atom stereocenters. The lowest BCUT2D eigenvalue weighted by molar-refractivity contribution is 0.104. The first-order chi connectivity index (χ1) is 12.1. The van der Waals surface area contributed by atoms with Gasteiger partial charge in [-0.25, -0.2) is 0 Å². The van der Waals surface area contributed by atoms with E-state index in [0.29, 0.717) is 5.56 Å². The maximum absolute atomic E-state index is 12.3. The quantitative estimate of drug-likeness (QED) is 0.467. The van der Waals surface area contributed by atoms with Crippen LogP contribution in [0.4, 0.5) is 5.69 Å². The molecular formula is C23H21NO. The first kappa shape index (κ1) is 16.7. The lowest BCUT2D eigenvalue weighted by Crippen LogP contribution is -2.08. The van der Waals surface area contributed by atoms with Crippen LogP contribution < -0.4 is 4.90 Å². The summed E-state index contributed by atoms with van der Waals surface area (Å²) >= 11 is 0. The number of allylic oxidation sites excluding steroid dienone is 1. The molecule has 124 valence electrons. The summed E-state index contributed by atoms with van der Waals surface area (Å²) in [6, 6.07) is 26.1. The molecule has 0 radical (unpaired) electrons. The number of carbonyl (C=O) groups excluding carboxylic acids is 1. The van der Waals surface area contributed by atoms with Crippen molar-refractivity contribution in [3.63, 3.8) is 0 Å². The van der Waals surface area contributed by atoms with Gasteiger partial charge in [-0.3, -0.25) is 4.79 Å². The number of ketones is 1. The average molecular weight is 327 g/mol. The minimum absolute atomic E-state index is 0.0115. The fourth-order valence-corrected chi connectivity index (χ4v) is 2.61. The Morgan fingerprint density at radius 3 is 1.96 bits per heavy atom. The summed E-state index contributed by atoms with van der Waals surface area (Å²) in [5, 5.41) is 0. The van der Waals surface area contributed by atoms with E-state index in [1.54, 1.807) is 6.08 Å². The van der Waals surface area contributed by atoms with E-state index in [9.17, 15) is 4.79 Å². The lowest BCUT2D eigenvalue weighted by Gasteiger charge is -2.11. The number of rotatable bonds is 5. The van der Waals surface area contributed by atoms with Crippen molar-refractivity contribution in [1.29, 1.82) is 0 Å². The van der Waals surface area contributed by atoms with Gasteiger partial charge in [0.25, 0.3) is 0 Å². The van der Waals surface area contributed by atoms with Gasteiger partial charge in [0, 0.05) is 25.3 Å². The van der Waals surface area contributed by atoms with Crippen molar-refractivity contribution in [1.82, 2.24) is 0 Å². The van der Waals surface area contributed by atoms with E-state index in [1.165, 1.54) is 11.1 Å². The van der Waals surface area contributed by atoms with Crippen LogP contribution in [0, 0.1) is 0 Å². The summed E-state index contributed by atoms with van der Waals surface area (Å²) in [5.74, 6) is 0.0115. The van der Waals surface area contributed by atoms with E-state index in [0.717, 1.165) is 11.3 Å². The standard InChI is InChI=1S/C23H21NO/c1-24(2)22-15-13-21(14-16-22)23(25)17-10-18-8-11-20(12-9-18)19-6-4-3-5-7-19/h3-17H,1-2H3/b17-10+. The summed E-state index contributed by atoms with van der Waals surface area (Å²) in [6.07, 6.45) is 3.49. The third-order valence-electron chi connectivity index (χ3n) is 4.11. The van der Waals surface area contributed by atoms with Gasteiger partial charge in [0.15, 0.2) is 5.78 Å². The van der Waals surface area contributed by atoms with Crippen LogP contribution >= 0.6 is 0 Å². The van der Waals surface area contributed by atoms with E-state index >= 15 is 0 Å². The molecule has 0 bridgehead atoms. The number of hydrogen-bond donors (Lipinski definition) is 0. The topological polar surface area (TPSA) is 20.3 Å². The second-order valence-corrected chi connectivity index (χ2v) is 6.13. The molecule has 0 aromatic heterocycles. The average Bonchev–Trinajstić information content (AvgIpc) is 2.67. The second-order valence-electron chi connectivity index (χ2n) is 6.13. The van der Waals surface area contributed by atoms with Gasteiger partial charge in [-0.1, -0.05) is 60.7 Å². The molecule has 3 aromatic rings. The molecule has 0 saturated carbocycles. The van der Waals surface area contributed by atoms with Gasteiger partial charge >= 0.3 is 0 Å². The van der Waals surface area contributed by atoms with Gasteiger partial charge in [0.2, 0.25) is 0 Å². The second kappa shape index (κ2) is 7.63. The zero-order valence-electron chi connectivity index (χ0n) is 14.5. The van der Waals surface area contributed by atoms with Gasteiger partial charge in [-0.05, 0) is 47.0 Å². The van der Waals surface area contributed by atoms with Crippen LogP contribution in [0.25, 0.3) is 17.2 Å². The maximum atomic E-state index is 12.3. The molecule has 0 aliphatic heterocycles. The summed E-state index contributed by atoms with van der Waals surface area (Å²) < 4.78 is 0. The van der Waals surface area contributed by atoms with Gasteiger partial charge in [-0.2, -0.15) is 0 Å². The van der Waals surface area contributed by atoms with Crippen LogP contribution in [-0.4, -0.2) is 19.9 Å². The van der Waals surface area contributed by atoms with Gasteiger partial charge in [0.05, 0.1) is 0 Å². The fourth-order valence-electron chi connectivity index (χ4n) is 2.61. The number of carbonyl (C=O) groups is 1. The molecule has 0 N–H and O–H groups in total. The highest BCUT2D eigenvalue weighted by molar-refractivity contribution is 6.07. The van der Waals surface area contributed by atoms with Crippen LogP contribution in [0.3, 0.4) is 0 Å². The molecule has 0 amide bonds. The molecule has 0 saturated heterocycles. The highest BCUT2D eigenvalue weighted by Crippen LogP contribution is 2.20. The Morgan fingerprint density at radius 1 is 0.760 bits per heavy atom. The third kappa shape index (κ3) is 4.24. The lowest BCUT2D eigenvalue weighted by atomic mass is 10.0. The Bertz CT molecular complexity index is 860. The Balaban J connectivity index is 1.70. The number of benzene rings is 3. The molecule has 3 rings (SSSR count). The van der Waals surface area contributed by atoms with Gasteiger partial charge in [-0.15, -0.1) is 0 Å². The molecule has 0 aliphatic rings. The normalized spacial score (nSPS) is 10.8. The molecule has 0 spiro atoms. The van der Waals surface area contributed by atoms with Crippen molar-refractivity contribution in [3.05, 3.63) is 96.1 Å². The van der Waals surface area contributed by atoms with E-state index in [4.69, 9.17) is 0 Å². The Labute approximate surface area is 149 Å². The summed E-state index contributed by atoms with van der Waals surface area (Å²) in [4.78, 5) is 14.3. The summed E-state index contributed by atoms with van der Waals surface area (Å²) in [6.45, 7) is 0. The first-order valence-electron chi connectivity index (χ1n) is 8.29. The van der Waals surface area contributed by atoms with E-state index in [2.05, 4.69) is 24.3 Å². The van der Waals surface area contributed by atoms with Gasteiger partial charge in [0.1, 0.15) is 0 Å². The number of nitrogens with zero attached hydrogens (tertiary/aromatic N) is 1. The van der Waals surface area contributed by atoms with Crippen molar-refractivity contribution < 1.29 is 4.79 Å². The molecule has 0 heterocycles. The largest absolute Gasteiger partial charge is 0.378 e. The molecule has 2 nitrogen and oxygen atoms in total. The Morgan fingerprint density at radius 2 is 1.36 bits per heavy atom. The summed E-state index contributed by atoms with van der Waals surface area (Å²) in [7, 11) is 3.96. The zero-order chi connectivity index (χ0) is 17.6. The van der Waals surface area contributed by atoms with E-state index in [-0.39, 0.29) is 5.78 Å². The van der Waals surface area contributed by atoms with Crippen LogP contribution in [0.2, 0.25) is 0 Å². The molecule has 0 atom stereocenters. The van der Waals surface area contributed by atoms with Crippen molar-refractivity contribution in [2.24, 2.45) is 0 Å². The van der Waals surface area contributed by atoms with Crippen molar-refractivity contribution in [3.8, 4) is 11.1 Å². The van der Waals surface area contributed by atoms with Crippen molar-refractivity contribution in [2.45, 2.75) is 0 Å². The number of hydrogen-bond acceptors (Lipinski definition) is 2. The molecule has 25 heavy (non-hydrogen) atoms. The van der Waals surface area contributed by atoms with Gasteiger partial charge < -0.3 is 4.90 Å². The zero-order valence-corrected chi connectivity index (χ0v) is 14.5. The Kier molecular flexibility index (Phi) is 5.10. The van der Waals surface area contributed by atoms with Crippen molar-refractivity contribution >= 4 is 17.5 Å². The molecule has 3 aromatic carbocycles. The highest BCUT2D eigenvalue weighted by atomic mass is 16.1.